The molecule has 2 rings (SSSR count). The largest absolute Gasteiger partial charge is 0.392 e. The summed E-state index contributed by atoms with van der Waals surface area (Å²) in [5.74, 6) is 0.00641. The molecule has 0 aliphatic heterocycles. The van der Waals surface area contributed by atoms with E-state index in [0.29, 0.717) is 24.2 Å². The average molecular weight is 312 g/mol. The Kier molecular flexibility index (Phi) is 6.42. The zero-order chi connectivity index (χ0) is 15.1. The van der Waals surface area contributed by atoms with Gasteiger partial charge < -0.3 is 15.8 Å². The van der Waals surface area contributed by atoms with Crippen molar-refractivity contribution >= 4 is 23.1 Å². The van der Waals surface area contributed by atoms with Crippen LogP contribution in [0.2, 0.25) is 0 Å². The van der Waals surface area contributed by atoms with Crippen molar-refractivity contribution in [2.24, 2.45) is 11.1 Å². The first kappa shape index (κ1) is 16.7. The van der Waals surface area contributed by atoms with Gasteiger partial charge in [0.15, 0.2) is 0 Å². The van der Waals surface area contributed by atoms with Crippen LogP contribution in [0, 0.1) is 5.41 Å². The van der Waals surface area contributed by atoms with Gasteiger partial charge in [-0.05, 0) is 25.7 Å². The van der Waals surface area contributed by atoms with Crippen molar-refractivity contribution in [1.29, 1.82) is 0 Å². The lowest BCUT2D eigenvalue weighted by Crippen LogP contribution is -2.49. The minimum atomic E-state index is -0.626. The monoisotopic (exact) mass is 312 g/mol. The molecule has 2 fully saturated rings. The number of hydrogen-bond donors (Lipinski definition) is 2. The number of rotatable bonds is 6. The number of nitrogens with two attached hydrogens (primary N) is 1. The molecule has 3 N–H and O–H groups in total. The van der Waals surface area contributed by atoms with Crippen LogP contribution in [0.25, 0.3) is 0 Å². The lowest BCUT2D eigenvalue weighted by atomic mass is 9.79. The summed E-state index contributed by atoms with van der Waals surface area (Å²) in [5, 5.41) is 2.99. The SMILES string of the molecule is NC(=S)C1(C(=O)NCCOC2CCCC2)CCCCCC1. The second-order valence-corrected chi connectivity index (χ2v) is 6.83. The van der Waals surface area contributed by atoms with Gasteiger partial charge in [-0.15, -0.1) is 0 Å². The van der Waals surface area contributed by atoms with Gasteiger partial charge in [0.25, 0.3) is 0 Å². The number of thiocarbonyl (C=S) groups is 1. The van der Waals surface area contributed by atoms with Crippen LogP contribution in [0.3, 0.4) is 0 Å². The van der Waals surface area contributed by atoms with Gasteiger partial charge in [-0.1, -0.05) is 50.7 Å². The van der Waals surface area contributed by atoms with Gasteiger partial charge in [0.05, 0.1) is 23.1 Å². The molecule has 0 bridgehead atoms. The highest BCUT2D eigenvalue weighted by Crippen LogP contribution is 2.35. The lowest BCUT2D eigenvalue weighted by Gasteiger charge is -2.30. The molecule has 2 aliphatic rings. The number of nitrogens with one attached hydrogen (secondary N) is 1. The number of hydrogen-bond acceptors (Lipinski definition) is 3. The maximum atomic E-state index is 12.6. The minimum Gasteiger partial charge on any atom is -0.392 e. The first-order valence-corrected chi connectivity index (χ1v) is 8.76. The molecular weight excluding hydrogens is 284 g/mol. The lowest BCUT2D eigenvalue weighted by molar-refractivity contribution is -0.128. The molecule has 5 heteroatoms. The Balaban J connectivity index is 1.79. The van der Waals surface area contributed by atoms with Gasteiger partial charge in [-0.25, -0.2) is 0 Å². The molecule has 1 amide bonds. The van der Waals surface area contributed by atoms with Crippen LogP contribution in [0.5, 0.6) is 0 Å². The minimum absolute atomic E-state index is 0.00641. The van der Waals surface area contributed by atoms with Crippen LogP contribution in [0.4, 0.5) is 0 Å². The Bertz CT molecular complexity index is 359. The quantitative estimate of drug-likeness (QED) is 0.450. The van der Waals surface area contributed by atoms with E-state index in [-0.39, 0.29) is 5.91 Å². The second-order valence-electron chi connectivity index (χ2n) is 6.39. The van der Waals surface area contributed by atoms with Crippen molar-refractivity contribution in [1.82, 2.24) is 5.32 Å². The van der Waals surface area contributed by atoms with E-state index < -0.39 is 5.41 Å². The van der Waals surface area contributed by atoms with Crippen LogP contribution >= 0.6 is 12.2 Å². The highest BCUT2D eigenvalue weighted by atomic mass is 32.1. The summed E-state index contributed by atoms with van der Waals surface area (Å²) < 4.78 is 5.78. The predicted molar refractivity (Wildman–Crippen MR) is 88.1 cm³/mol. The molecule has 2 aliphatic carbocycles. The van der Waals surface area contributed by atoms with Gasteiger partial charge in [0, 0.05) is 6.54 Å². The summed E-state index contributed by atoms with van der Waals surface area (Å²) in [5.41, 5.74) is 5.29. The molecule has 0 unspecified atom stereocenters. The average Bonchev–Trinajstić information content (AvgIpc) is 2.85. The number of amides is 1. The third-order valence-electron chi connectivity index (χ3n) is 4.91. The Hall–Kier alpha value is -0.680. The fourth-order valence-corrected chi connectivity index (χ4v) is 3.83. The first-order chi connectivity index (χ1) is 10.1. The van der Waals surface area contributed by atoms with Crippen molar-refractivity contribution in [3.05, 3.63) is 0 Å². The van der Waals surface area contributed by atoms with E-state index in [1.807, 2.05) is 0 Å². The fourth-order valence-electron chi connectivity index (χ4n) is 3.53. The van der Waals surface area contributed by atoms with Gasteiger partial charge in [-0.2, -0.15) is 0 Å². The Morgan fingerprint density at radius 1 is 1.14 bits per heavy atom. The van der Waals surface area contributed by atoms with Crippen molar-refractivity contribution in [3.8, 4) is 0 Å². The molecule has 0 aromatic carbocycles. The normalized spacial score (nSPS) is 22.7. The van der Waals surface area contributed by atoms with Crippen LogP contribution < -0.4 is 11.1 Å². The topological polar surface area (TPSA) is 64.4 Å². The molecule has 0 radical (unpaired) electrons. The van der Waals surface area contributed by atoms with E-state index in [9.17, 15) is 4.79 Å². The molecule has 0 aromatic rings. The molecule has 21 heavy (non-hydrogen) atoms. The Labute approximate surface area is 133 Å². The van der Waals surface area contributed by atoms with Crippen LogP contribution in [-0.4, -0.2) is 30.2 Å². The van der Waals surface area contributed by atoms with Crippen molar-refractivity contribution in [2.75, 3.05) is 13.2 Å². The number of carbonyl (C=O) groups is 1. The van der Waals surface area contributed by atoms with E-state index in [0.717, 1.165) is 38.5 Å². The summed E-state index contributed by atoms with van der Waals surface area (Å²) in [6, 6.07) is 0. The van der Waals surface area contributed by atoms with E-state index in [1.165, 1.54) is 25.7 Å². The van der Waals surface area contributed by atoms with Gasteiger partial charge in [-0.3, -0.25) is 4.79 Å². The summed E-state index contributed by atoms with van der Waals surface area (Å²) in [6.45, 7) is 1.14. The highest BCUT2D eigenvalue weighted by molar-refractivity contribution is 7.80. The smallest absolute Gasteiger partial charge is 0.233 e. The van der Waals surface area contributed by atoms with Crippen LogP contribution in [-0.2, 0) is 9.53 Å². The fraction of sp³-hybridized carbons (Fsp3) is 0.875. The van der Waals surface area contributed by atoms with Gasteiger partial charge in [0.2, 0.25) is 5.91 Å². The molecule has 0 saturated heterocycles. The molecule has 0 spiro atoms. The zero-order valence-corrected chi connectivity index (χ0v) is 13.7. The number of ether oxygens (including phenoxy) is 1. The van der Waals surface area contributed by atoms with E-state index >= 15 is 0 Å². The van der Waals surface area contributed by atoms with Gasteiger partial charge >= 0.3 is 0 Å². The molecule has 0 heterocycles. The predicted octanol–water partition coefficient (Wildman–Crippen LogP) is 2.69. The molecule has 120 valence electrons. The maximum Gasteiger partial charge on any atom is 0.233 e. The number of carbonyl (C=O) groups excluding carboxylic acids is 1. The summed E-state index contributed by atoms with van der Waals surface area (Å²) >= 11 is 5.22. The van der Waals surface area contributed by atoms with Crippen LogP contribution in [0.15, 0.2) is 0 Å². The van der Waals surface area contributed by atoms with Crippen molar-refractivity contribution < 1.29 is 9.53 Å². The van der Waals surface area contributed by atoms with Crippen LogP contribution in [0.1, 0.15) is 64.2 Å². The molecule has 0 atom stereocenters. The molecule has 4 nitrogen and oxygen atoms in total. The third kappa shape index (κ3) is 4.39. The Morgan fingerprint density at radius 2 is 1.76 bits per heavy atom. The highest BCUT2D eigenvalue weighted by Gasteiger charge is 2.41. The van der Waals surface area contributed by atoms with E-state index in [4.69, 9.17) is 22.7 Å². The second kappa shape index (κ2) is 8.08. The summed E-state index contributed by atoms with van der Waals surface area (Å²) in [6.07, 6.45) is 11.2. The molecular formula is C16H28N2O2S. The van der Waals surface area contributed by atoms with E-state index in [2.05, 4.69) is 5.32 Å². The molecule has 2 saturated carbocycles. The van der Waals surface area contributed by atoms with Crippen molar-refractivity contribution in [3.63, 3.8) is 0 Å². The van der Waals surface area contributed by atoms with Gasteiger partial charge in [0.1, 0.15) is 0 Å². The first-order valence-electron chi connectivity index (χ1n) is 8.35. The molecule has 0 aromatic heterocycles. The summed E-state index contributed by atoms with van der Waals surface area (Å²) in [7, 11) is 0. The summed E-state index contributed by atoms with van der Waals surface area (Å²) in [4.78, 5) is 12.9. The van der Waals surface area contributed by atoms with E-state index in [1.54, 1.807) is 0 Å². The zero-order valence-electron chi connectivity index (χ0n) is 12.9. The van der Waals surface area contributed by atoms with Crippen molar-refractivity contribution in [2.45, 2.75) is 70.3 Å². The maximum absolute atomic E-state index is 12.6. The standard InChI is InChI=1S/C16H28N2O2S/c17-14(21)16(9-5-1-2-6-10-16)15(19)18-11-12-20-13-7-3-4-8-13/h13H,1-12H2,(H2,17,21)(H,18,19). The third-order valence-corrected chi connectivity index (χ3v) is 5.30. The Morgan fingerprint density at radius 3 is 2.33 bits per heavy atom.